The lowest BCUT2D eigenvalue weighted by atomic mass is 10.1. The predicted octanol–water partition coefficient (Wildman–Crippen LogP) is -0.00531. The van der Waals surface area contributed by atoms with Crippen LogP contribution in [0.3, 0.4) is 0 Å². The molecule has 11 heavy (non-hydrogen) atoms. The first kappa shape index (κ1) is 6.79. The lowest BCUT2D eigenvalue weighted by Crippen LogP contribution is -2.08. The van der Waals surface area contributed by atoms with Crippen LogP contribution in [-0.4, -0.2) is 28.1 Å². The second-order valence-corrected chi connectivity index (χ2v) is 2.87. The molecule has 1 aromatic heterocycles. The van der Waals surface area contributed by atoms with E-state index in [4.69, 9.17) is 0 Å². The Morgan fingerprint density at radius 2 is 2.64 bits per heavy atom. The highest BCUT2D eigenvalue weighted by Gasteiger charge is 2.18. The van der Waals surface area contributed by atoms with E-state index in [1.54, 1.807) is 0 Å². The van der Waals surface area contributed by atoms with Crippen LogP contribution >= 0.6 is 0 Å². The van der Waals surface area contributed by atoms with Crippen molar-refractivity contribution in [1.29, 1.82) is 0 Å². The van der Waals surface area contributed by atoms with E-state index in [2.05, 4.69) is 22.7 Å². The van der Waals surface area contributed by atoms with Crippen molar-refractivity contribution in [2.45, 2.75) is 12.3 Å². The summed E-state index contributed by atoms with van der Waals surface area (Å²) in [7, 11) is 3.64. The molecule has 1 aliphatic heterocycles. The zero-order valence-electron chi connectivity index (χ0n) is 6.32. The van der Waals surface area contributed by atoms with Crippen molar-refractivity contribution in [3.05, 3.63) is 18.9 Å². The SMILES string of the molecule is [CH2]n1cc(C2CCNC2)nn1. The summed E-state index contributed by atoms with van der Waals surface area (Å²) >= 11 is 0. The second-order valence-electron chi connectivity index (χ2n) is 2.87. The van der Waals surface area contributed by atoms with Crippen LogP contribution in [0.25, 0.3) is 0 Å². The minimum Gasteiger partial charge on any atom is -0.316 e. The molecule has 1 atom stereocenters. The quantitative estimate of drug-likeness (QED) is 0.614. The molecule has 1 N–H and O–H groups in total. The molecular weight excluding hydrogens is 140 g/mol. The lowest BCUT2D eigenvalue weighted by Gasteiger charge is -1.99. The molecule has 0 saturated carbocycles. The fourth-order valence-electron chi connectivity index (χ4n) is 1.41. The summed E-state index contributed by atoms with van der Waals surface area (Å²) in [5, 5.41) is 11.1. The number of aromatic nitrogens is 3. The number of nitrogens with zero attached hydrogens (tertiary/aromatic N) is 3. The molecule has 1 fully saturated rings. The van der Waals surface area contributed by atoms with Gasteiger partial charge in [0, 0.05) is 18.7 Å². The summed E-state index contributed by atoms with van der Waals surface area (Å²) in [5.74, 6) is 0.547. The van der Waals surface area contributed by atoms with Crippen molar-refractivity contribution in [3.63, 3.8) is 0 Å². The summed E-state index contributed by atoms with van der Waals surface area (Å²) < 4.78 is 1.51. The molecule has 1 radical (unpaired) electrons. The molecule has 1 aromatic rings. The van der Waals surface area contributed by atoms with Crippen molar-refractivity contribution >= 4 is 0 Å². The van der Waals surface area contributed by atoms with Gasteiger partial charge >= 0.3 is 0 Å². The van der Waals surface area contributed by atoms with Gasteiger partial charge in [0.15, 0.2) is 0 Å². The van der Waals surface area contributed by atoms with Crippen LogP contribution in [0.4, 0.5) is 0 Å². The lowest BCUT2D eigenvalue weighted by molar-refractivity contribution is 0.723. The van der Waals surface area contributed by atoms with Crippen LogP contribution in [0, 0.1) is 7.05 Å². The summed E-state index contributed by atoms with van der Waals surface area (Å²) in [4.78, 5) is 0. The van der Waals surface area contributed by atoms with Crippen molar-refractivity contribution < 1.29 is 0 Å². The van der Waals surface area contributed by atoms with Crippen molar-refractivity contribution in [2.75, 3.05) is 13.1 Å². The van der Waals surface area contributed by atoms with Gasteiger partial charge in [0.1, 0.15) is 0 Å². The Kier molecular flexibility index (Phi) is 1.62. The van der Waals surface area contributed by atoms with Crippen LogP contribution in [0.15, 0.2) is 6.20 Å². The molecule has 1 saturated heterocycles. The molecule has 1 aliphatic rings. The molecule has 1 unspecified atom stereocenters. The van der Waals surface area contributed by atoms with Gasteiger partial charge in [-0.05, 0) is 13.0 Å². The van der Waals surface area contributed by atoms with Gasteiger partial charge in [0.05, 0.1) is 12.7 Å². The van der Waals surface area contributed by atoms with Gasteiger partial charge in [-0.1, -0.05) is 5.21 Å². The first-order valence-electron chi connectivity index (χ1n) is 3.80. The van der Waals surface area contributed by atoms with Crippen LogP contribution in [0.2, 0.25) is 0 Å². The van der Waals surface area contributed by atoms with Gasteiger partial charge in [-0.3, -0.25) is 4.68 Å². The molecule has 4 nitrogen and oxygen atoms in total. The molecule has 0 aromatic carbocycles. The Labute approximate surface area is 65.6 Å². The van der Waals surface area contributed by atoms with E-state index in [-0.39, 0.29) is 0 Å². The van der Waals surface area contributed by atoms with E-state index in [1.165, 1.54) is 11.1 Å². The standard InChI is InChI=1S/C7H11N4/c1-11-5-7(9-10-11)6-2-3-8-4-6/h5-6,8H,1-4H2. The maximum Gasteiger partial charge on any atom is 0.0871 e. The highest BCUT2D eigenvalue weighted by molar-refractivity contribution is 5.05. The van der Waals surface area contributed by atoms with Gasteiger partial charge in [-0.2, -0.15) is 0 Å². The fourth-order valence-corrected chi connectivity index (χ4v) is 1.41. The van der Waals surface area contributed by atoms with Gasteiger partial charge in [0.25, 0.3) is 0 Å². The molecule has 0 amide bonds. The van der Waals surface area contributed by atoms with Gasteiger partial charge in [-0.25, -0.2) is 0 Å². The molecule has 0 bridgehead atoms. The average molecular weight is 151 g/mol. The zero-order chi connectivity index (χ0) is 7.68. The summed E-state index contributed by atoms with van der Waals surface area (Å²) in [6, 6.07) is 0. The highest BCUT2D eigenvalue weighted by atomic mass is 15.4. The predicted molar refractivity (Wildman–Crippen MR) is 41.0 cm³/mol. The Hall–Kier alpha value is -0.900. The molecule has 0 spiro atoms. The number of nitrogens with one attached hydrogen (secondary N) is 1. The Balaban J connectivity index is 2.15. The molecule has 2 heterocycles. The summed E-state index contributed by atoms with van der Waals surface area (Å²) in [5.41, 5.74) is 1.06. The molecule has 2 rings (SSSR count). The normalized spacial score (nSPS) is 24.3. The topological polar surface area (TPSA) is 42.7 Å². The monoisotopic (exact) mass is 151 g/mol. The smallest absolute Gasteiger partial charge is 0.0871 e. The number of hydrogen-bond donors (Lipinski definition) is 1. The van der Waals surface area contributed by atoms with E-state index in [0.29, 0.717) is 5.92 Å². The van der Waals surface area contributed by atoms with Crippen molar-refractivity contribution in [1.82, 2.24) is 20.3 Å². The first-order valence-corrected chi connectivity index (χ1v) is 3.80. The first-order chi connectivity index (χ1) is 5.36. The second kappa shape index (κ2) is 2.62. The average Bonchev–Trinajstić information content (AvgIpc) is 2.55. The molecule has 0 aliphatic carbocycles. The number of hydrogen-bond acceptors (Lipinski definition) is 3. The molecular formula is C7H11N4. The maximum absolute atomic E-state index is 4.01. The summed E-state index contributed by atoms with van der Waals surface area (Å²) in [6.45, 7) is 2.12. The third-order valence-corrected chi connectivity index (χ3v) is 2.03. The van der Waals surface area contributed by atoms with E-state index >= 15 is 0 Å². The third kappa shape index (κ3) is 1.26. The van der Waals surface area contributed by atoms with E-state index in [0.717, 1.165) is 18.8 Å². The van der Waals surface area contributed by atoms with Crippen molar-refractivity contribution in [2.24, 2.45) is 0 Å². The van der Waals surface area contributed by atoms with Gasteiger partial charge < -0.3 is 5.32 Å². The zero-order valence-corrected chi connectivity index (χ0v) is 6.32. The Morgan fingerprint density at radius 1 is 1.73 bits per heavy atom. The maximum atomic E-state index is 4.01. The van der Waals surface area contributed by atoms with Gasteiger partial charge in [-0.15, -0.1) is 5.10 Å². The molecule has 4 heteroatoms. The van der Waals surface area contributed by atoms with Crippen LogP contribution in [-0.2, 0) is 0 Å². The van der Waals surface area contributed by atoms with Crippen LogP contribution in [0.1, 0.15) is 18.0 Å². The van der Waals surface area contributed by atoms with Crippen LogP contribution in [0.5, 0.6) is 0 Å². The third-order valence-electron chi connectivity index (χ3n) is 2.03. The largest absolute Gasteiger partial charge is 0.316 e. The Bertz CT molecular complexity index is 236. The Morgan fingerprint density at radius 3 is 3.18 bits per heavy atom. The summed E-state index contributed by atoms with van der Waals surface area (Å²) in [6.07, 6.45) is 3.05. The van der Waals surface area contributed by atoms with E-state index in [9.17, 15) is 0 Å². The van der Waals surface area contributed by atoms with Crippen molar-refractivity contribution in [3.8, 4) is 0 Å². The highest BCUT2D eigenvalue weighted by Crippen LogP contribution is 2.18. The minimum atomic E-state index is 0.547. The van der Waals surface area contributed by atoms with Crippen LogP contribution < -0.4 is 5.32 Å². The number of rotatable bonds is 1. The minimum absolute atomic E-state index is 0.547. The fraction of sp³-hybridized carbons (Fsp3) is 0.571. The van der Waals surface area contributed by atoms with Gasteiger partial charge in [0.2, 0.25) is 0 Å². The molecule has 59 valence electrons. The van der Waals surface area contributed by atoms with E-state index < -0.39 is 0 Å². The van der Waals surface area contributed by atoms with E-state index in [1.807, 2.05) is 6.20 Å².